The molecule has 0 aliphatic carbocycles. The van der Waals surface area contributed by atoms with E-state index in [0.29, 0.717) is 6.61 Å². The number of carboxylic acids is 1. The van der Waals surface area contributed by atoms with Crippen molar-refractivity contribution in [2.45, 2.75) is 5.92 Å². The van der Waals surface area contributed by atoms with Crippen LogP contribution >= 0.6 is 0 Å². The van der Waals surface area contributed by atoms with Crippen LogP contribution in [0.4, 0.5) is 0 Å². The minimum atomic E-state index is -0.945. The van der Waals surface area contributed by atoms with Crippen molar-refractivity contribution in [3.8, 4) is 0 Å². The summed E-state index contributed by atoms with van der Waals surface area (Å²) in [6, 6.07) is 19.9. The van der Waals surface area contributed by atoms with Gasteiger partial charge < -0.3 is 9.84 Å². The van der Waals surface area contributed by atoms with Gasteiger partial charge in [-0.3, -0.25) is 0 Å². The normalized spacial score (nSPS) is 10.6. The van der Waals surface area contributed by atoms with Gasteiger partial charge in [0.15, 0.2) is 0 Å². The lowest BCUT2D eigenvalue weighted by molar-refractivity contribution is -0.142. The molecule has 0 aliphatic rings. The molecule has 0 saturated carbocycles. The number of hydrogen-bond acceptors (Lipinski definition) is 2. The second-order valence-corrected chi connectivity index (χ2v) is 4.28. The lowest BCUT2D eigenvalue weighted by atomic mass is 9.92. The summed E-state index contributed by atoms with van der Waals surface area (Å²) in [6.45, 7) is 0.0937. The molecule has 0 unspecified atom stereocenters. The van der Waals surface area contributed by atoms with Gasteiger partial charge in [0.05, 0.1) is 6.61 Å². The van der Waals surface area contributed by atoms with E-state index in [4.69, 9.17) is 9.84 Å². The van der Waals surface area contributed by atoms with Gasteiger partial charge >= 0.3 is 5.97 Å². The second kappa shape index (κ2) is 6.71. The Bertz CT molecular complexity index is 469. The maximum atomic E-state index is 10.5. The van der Waals surface area contributed by atoms with Crippen LogP contribution in [0.25, 0.3) is 0 Å². The van der Waals surface area contributed by atoms with Crippen molar-refractivity contribution < 1.29 is 14.6 Å². The van der Waals surface area contributed by atoms with Gasteiger partial charge in [0.1, 0.15) is 6.61 Å². The van der Waals surface area contributed by atoms with Crippen LogP contribution in [0, 0.1) is 0 Å². The fourth-order valence-corrected chi connectivity index (χ4v) is 2.02. The number of benzene rings is 2. The monoisotopic (exact) mass is 256 g/mol. The topological polar surface area (TPSA) is 46.5 Å². The summed E-state index contributed by atoms with van der Waals surface area (Å²) < 4.78 is 5.27. The van der Waals surface area contributed by atoms with Gasteiger partial charge in [-0.1, -0.05) is 60.7 Å². The fourth-order valence-electron chi connectivity index (χ4n) is 2.02. The summed E-state index contributed by atoms with van der Waals surface area (Å²) in [5, 5.41) is 8.64. The fraction of sp³-hybridized carbons (Fsp3) is 0.188. The molecule has 19 heavy (non-hydrogen) atoms. The first kappa shape index (κ1) is 13.3. The Morgan fingerprint density at radius 2 is 1.42 bits per heavy atom. The van der Waals surface area contributed by atoms with E-state index in [9.17, 15) is 4.79 Å². The van der Waals surface area contributed by atoms with Crippen LogP contribution in [0.15, 0.2) is 60.7 Å². The highest BCUT2D eigenvalue weighted by atomic mass is 16.5. The van der Waals surface area contributed by atoms with Crippen molar-refractivity contribution in [2.24, 2.45) is 0 Å². The first-order chi connectivity index (χ1) is 9.27. The third kappa shape index (κ3) is 3.93. The molecule has 2 rings (SSSR count). The predicted molar refractivity (Wildman–Crippen MR) is 73.2 cm³/mol. The molecule has 0 aliphatic heterocycles. The van der Waals surface area contributed by atoms with Crippen LogP contribution in [-0.2, 0) is 9.53 Å². The number of ether oxygens (including phenoxy) is 1. The van der Waals surface area contributed by atoms with E-state index in [1.54, 1.807) is 0 Å². The molecule has 98 valence electrons. The lowest BCUT2D eigenvalue weighted by Gasteiger charge is -2.17. The first-order valence-electron chi connectivity index (χ1n) is 6.17. The molecule has 2 aromatic carbocycles. The molecule has 1 N–H and O–H groups in total. The van der Waals surface area contributed by atoms with E-state index < -0.39 is 5.97 Å². The summed E-state index contributed by atoms with van der Waals surface area (Å²) in [5.74, 6) is -0.887. The van der Waals surface area contributed by atoms with E-state index in [1.807, 2.05) is 60.7 Å². The second-order valence-electron chi connectivity index (χ2n) is 4.28. The van der Waals surface area contributed by atoms with Crippen LogP contribution < -0.4 is 0 Å². The van der Waals surface area contributed by atoms with Crippen molar-refractivity contribution in [1.29, 1.82) is 0 Å². The average molecular weight is 256 g/mol. The van der Waals surface area contributed by atoms with Gasteiger partial charge in [0.25, 0.3) is 0 Å². The van der Waals surface area contributed by atoms with E-state index >= 15 is 0 Å². The zero-order valence-electron chi connectivity index (χ0n) is 10.5. The Labute approximate surface area is 112 Å². The molecule has 0 fully saturated rings. The molecular weight excluding hydrogens is 240 g/mol. The van der Waals surface area contributed by atoms with Crippen molar-refractivity contribution in [1.82, 2.24) is 0 Å². The van der Waals surface area contributed by atoms with E-state index in [2.05, 4.69) is 0 Å². The molecule has 0 amide bonds. The summed E-state index contributed by atoms with van der Waals surface area (Å²) in [7, 11) is 0. The van der Waals surface area contributed by atoms with Crippen molar-refractivity contribution in [3.63, 3.8) is 0 Å². The van der Waals surface area contributed by atoms with Crippen LogP contribution in [-0.4, -0.2) is 24.3 Å². The Kier molecular flexibility index (Phi) is 4.70. The minimum absolute atomic E-state index is 0.0572. The summed E-state index contributed by atoms with van der Waals surface area (Å²) >= 11 is 0. The van der Waals surface area contributed by atoms with Crippen molar-refractivity contribution in [2.75, 3.05) is 13.2 Å². The van der Waals surface area contributed by atoms with Gasteiger partial charge in [0.2, 0.25) is 0 Å². The highest BCUT2D eigenvalue weighted by Crippen LogP contribution is 2.24. The lowest BCUT2D eigenvalue weighted by Crippen LogP contribution is -2.14. The van der Waals surface area contributed by atoms with Crippen molar-refractivity contribution in [3.05, 3.63) is 71.8 Å². The predicted octanol–water partition coefficient (Wildman–Crippen LogP) is 2.92. The maximum absolute atomic E-state index is 10.5. The maximum Gasteiger partial charge on any atom is 0.329 e. The van der Waals surface area contributed by atoms with Crippen LogP contribution in [0.2, 0.25) is 0 Å². The summed E-state index contributed by atoms with van der Waals surface area (Å²) in [5.41, 5.74) is 2.25. The Morgan fingerprint density at radius 1 is 0.947 bits per heavy atom. The number of aliphatic carboxylic acids is 1. The van der Waals surface area contributed by atoms with Crippen LogP contribution in [0.1, 0.15) is 17.0 Å². The Hall–Kier alpha value is -2.13. The molecule has 0 heterocycles. The Balaban J connectivity index is 2.17. The van der Waals surface area contributed by atoms with Gasteiger partial charge in [-0.25, -0.2) is 4.79 Å². The molecule has 0 saturated heterocycles. The summed E-state index contributed by atoms with van der Waals surface area (Å²) in [4.78, 5) is 10.5. The van der Waals surface area contributed by atoms with Crippen LogP contribution in [0.3, 0.4) is 0 Å². The standard InChI is InChI=1S/C16H16O3/c17-16(18)12-19-11-15(13-7-3-1-4-8-13)14-9-5-2-6-10-14/h1-10,15H,11-12H2,(H,17,18). The van der Waals surface area contributed by atoms with E-state index in [-0.39, 0.29) is 12.5 Å². The molecule has 0 bridgehead atoms. The Morgan fingerprint density at radius 3 is 1.84 bits per heavy atom. The molecule has 3 nitrogen and oxygen atoms in total. The van der Waals surface area contributed by atoms with Gasteiger partial charge in [0, 0.05) is 5.92 Å². The first-order valence-corrected chi connectivity index (χ1v) is 6.17. The molecule has 0 aromatic heterocycles. The third-order valence-corrected chi connectivity index (χ3v) is 2.91. The SMILES string of the molecule is O=C(O)COCC(c1ccccc1)c1ccccc1. The largest absolute Gasteiger partial charge is 0.480 e. The smallest absolute Gasteiger partial charge is 0.329 e. The van der Waals surface area contributed by atoms with E-state index in [1.165, 1.54) is 0 Å². The average Bonchev–Trinajstić information content (AvgIpc) is 2.45. The molecule has 0 atom stereocenters. The molecule has 0 radical (unpaired) electrons. The molecular formula is C16H16O3. The minimum Gasteiger partial charge on any atom is -0.480 e. The van der Waals surface area contributed by atoms with Gasteiger partial charge in [-0.15, -0.1) is 0 Å². The molecule has 3 heteroatoms. The zero-order chi connectivity index (χ0) is 13.5. The van der Waals surface area contributed by atoms with Gasteiger partial charge in [-0.05, 0) is 11.1 Å². The van der Waals surface area contributed by atoms with Gasteiger partial charge in [-0.2, -0.15) is 0 Å². The quantitative estimate of drug-likeness (QED) is 0.864. The van der Waals surface area contributed by atoms with Crippen LogP contribution in [0.5, 0.6) is 0 Å². The number of carboxylic acid groups (broad SMARTS) is 1. The highest BCUT2D eigenvalue weighted by molar-refractivity contribution is 5.68. The van der Waals surface area contributed by atoms with E-state index in [0.717, 1.165) is 11.1 Å². The number of rotatable bonds is 6. The highest BCUT2D eigenvalue weighted by Gasteiger charge is 2.14. The third-order valence-electron chi connectivity index (χ3n) is 2.91. The molecule has 0 spiro atoms. The molecule has 2 aromatic rings. The summed E-state index contributed by atoms with van der Waals surface area (Å²) in [6.07, 6.45) is 0. The van der Waals surface area contributed by atoms with Crippen molar-refractivity contribution >= 4 is 5.97 Å². The number of hydrogen-bond donors (Lipinski definition) is 1. The number of carbonyl (C=O) groups is 1. The zero-order valence-corrected chi connectivity index (χ0v) is 10.5.